The molecule has 5 rings (SSSR count). The van der Waals surface area contributed by atoms with Crippen molar-refractivity contribution in [1.29, 1.82) is 0 Å². The smallest absolute Gasteiger partial charge is 0.251 e. The lowest BCUT2D eigenvalue weighted by atomic mass is 9.94. The van der Waals surface area contributed by atoms with Gasteiger partial charge in [0.05, 0.1) is 18.4 Å². The maximum Gasteiger partial charge on any atom is 0.251 e. The number of nitrogen functional groups attached to an aromatic ring is 1. The number of carbonyl (C=O) groups is 1. The summed E-state index contributed by atoms with van der Waals surface area (Å²) in [7, 11) is 0. The Morgan fingerprint density at radius 3 is 2.69 bits per heavy atom. The van der Waals surface area contributed by atoms with E-state index in [0.717, 1.165) is 11.1 Å². The third-order valence-corrected chi connectivity index (χ3v) is 6.81. The van der Waals surface area contributed by atoms with Gasteiger partial charge < -0.3 is 20.7 Å². The summed E-state index contributed by atoms with van der Waals surface area (Å²) in [6.45, 7) is 6.16. The summed E-state index contributed by atoms with van der Waals surface area (Å²) in [5.74, 6) is -1.35. The van der Waals surface area contributed by atoms with Gasteiger partial charge in [0.15, 0.2) is 11.6 Å². The number of amides is 1. The van der Waals surface area contributed by atoms with Crippen molar-refractivity contribution in [3.63, 3.8) is 0 Å². The molecule has 0 bridgehead atoms. The van der Waals surface area contributed by atoms with Crippen molar-refractivity contribution in [3.05, 3.63) is 65.4 Å². The molecule has 35 heavy (non-hydrogen) atoms. The Labute approximate surface area is 203 Å². The van der Waals surface area contributed by atoms with Crippen LogP contribution in [0.1, 0.15) is 29.8 Å². The molecular formula is C27H28F2N4O2. The Hall–Kier alpha value is -3.52. The first-order valence-electron chi connectivity index (χ1n) is 11.9. The number of fused-ring (bicyclic) bond motifs is 1. The van der Waals surface area contributed by atoms with Crippen molar-refractivity contribution in [2.75, 3.05) is 36.9 Å². The number of pyridine rings is 1. The number of halogens is 2. The predicted octanol–water partition coefficient (Wildman–Crippen LogP) is 4.42. The number of nitrogens with one attached hydrogen (secondary N) is 1. The third-order valence-electron chi connectivity index (χ3n) is 6.81. The number of aromatic nitrogens is 1. The van der Waals surface area contributed by atoms with E-state index < -0.39 is 11.6 Å². The van der Waals surface area contributed by atoms with Crippen LogP contribution in [0.15, 0.2) is 42.6 Å². The lowest BCUT2D eigenvalue weighted by Gasteiger charge is -2.36. The standard InChI is InChI=1S/C27H28F2N4O2/c1-15(2)23-14-33(9-10-35-23)22-6-5-19(24(28)25(22)29)18-12-21(26(30)32-13-18)16-3-4-20-17(11-16)7-8-31-27(20)34/h3-6,11-13,15,23H,7-10,14H2,1-2H3,(H2,30,32)(H,31,34)/t23-/m0/s1. The normalized spacial score (nSPS) is 17.9. The van der Waals surface area contributed by atoms with Crippen LogP contribution in [-0.2, 0) is 11.2 Å². The zero-order valence-corrected chi connectivity index (χ0v) is 19.8. The van der Waals surface area contributed by atoms with Crippen LogP contribution in [0.3, 0.4) is 0 Å². The second kappa shape index (κ2) is 9.26. The quantitative estimate of drug-likeness (QED) is 0.580. The molecule has 2 aliphatic rings. The average molecular weight is 479 g/mol. The highest BCUT2D eigenvalue weighted by Gasteiger charge is 2.27. The predicted molar refractivity (Wildman–Crippen MR) is 132 cm³/mol. The third kappa shape index (κ3) is 4.34. The van der Waals surface area contributed by atoms with E-state index in [-0.39, 0.29) is 35.0 Å². The monoisotopic (exact) mass is 478 g/mol. The number of anilines is 2. The van der Waals surface area contributed by atoms with Crippen molar-refractivity contribution in [2.24, 2.45) is 5.92 Å². The first-order chi connectivity index (χ1) is 16.8. The summed E-state index contributed by atoms with van der Waals surface area (Å²) < 4.78 is 36.3. The highest BCUT2D eigenvalue weighted by atomic mass is 19.2. The van der Waals surface area contributed by atoms with Crippen LogP contribution in [-0.4, -0.2) is 43.2 Å². The largest absolute Gasteiger partial charge is 0.383 e. The van der Waals surface area contributed by atoms with Crippen LogP contribution in [0.25, 0.3) is 22.3 Å². The molecule has 1 amide bonds. The van der Waals surface area contributed by atoms with Crippen LogP contribution in [0.4, 0.5) is 20.3 Å². The summed E-state index contributed by atoms with van der Waals surface area (Å²) >= 11 is 0. The fourth-order valence-corrected chi connectivity index (χ4v) is 4.75. The molecule has 0 saturated carbocycles. The van der Waals surface area contributed by atoms with Gasteiger partial charge in [0.2, 0.25) is 0 Å². The van der Waals surface area contributed by atoms with Crippen LogP contribution < -0.4 is 16.0 Å². The maximum absolute atomic E-state index is 15.3. The number of ether oxygens (including phenoxy) is 1. The van der Waals surface area contributed by atoms with Crippen LogP contribution in [0, 0.1) is 17.6 Å². The summed E-state index contributed by atoms with van der Waals surface area (Å²) in [6.07, 6.45) is 2.13. The van der Waals surface area contributed by atoms with Gasteiger partial charge in [0.1, 0.15) is 5.82 Å². The van der Waals surface area contributed by atoms with E-state index in [1.54, 1.807) is 30.3 Å². The molecule has 1 fully saturated rings. The van der Waals surface area contributed by atoms with Gasteiger partial charge in [-0.3, -0.25) is 4.79 Å². The molecule has 0 radical (unpaired) electrons. The lowest BCUT2D eigenvalue weighted by Crippen LogP contribution is -2.45. The second-order valence-electron chi connectivity index (χ2n) is 9.39. The molecule has 1 atom stereocenters. The maximum atomic E-state index is 15.3. The molecule has 3 N–H and O–H groups in total. The number of morpholine rings is 1. The van der Waals surface area contributed by atoms with E-state index in [1.807, 2.05) is 11.0 Å². The van der Waals surface area contributed by atoms with Crippen LogP contribution >= 0.6 is 0 Å². The number of nitrogens with two attached hydrogens (primary N) is 1. The molecule has 1 aromatic heterocycles. The van der Waals surface area contributed by atoms with Crippen molar-refractivity contribution < 1.29 is 18.3 Å². The summed E-state index contributed by atoms with van der Waals surface area (Å²) in [5.41, 5.74) is 9.86. The fraction of sp³-hybridized carbons (Fsp3) is 0.333. The minimum Gasteiger partial charge on any atom is -0.383 e. The Kier molecular flexibility index (Phi) is 6.15. The van der Waals surface area contributed by atoms with Crippen molar-refractivity contribution in [2.45, 2.75) is 26.4 Å². The van der Waals surface area contributed by atoms with Gasteiger partial charge in [0.25, 0.3) is 5.91 Å². The number of benzene rings is 2. The summed E-state index contributed by atoms with van der Waals surface area (Å²) in [4.78, 5) is 18.2. The number of nitrogens with zero attached hydrogens (tertiary/aromatic N) is 2. The zero-order chi connectivity index (χ0) is 24.7. The number of hydrogen-bond donors (Lipinski definition) is 2. The van der Waals surface area contributed by atoms with Gasteiger partial charge in [-0.1, -0.05) is 26.0 Å². The zero-order valence-electron chi connectivity index (χ0n) is 19.8. The second-order valence-corrected chi connectivity index (χ2v) is 9.39. The van der Waals surface area contributed by atoms with E-state index >= 15 is 8.78 Å². The van der Waals surface area contributed by atoms with Gasteiger partial charge in [0, 0.05) is 48.1 Å². The van der Waals surface area contributed by atoms with Gasteiger partial charge in [-0.25, -0.2) is 13.8 Å². The minimum atomic E-state index is -0.922. The topological polar surface area (TPSA) is 80.5 Å². The highest BCUT2D eigenvalue weighted by Crippen LogP contribution is 2.35. The minimum absolute atomic E-state index is 0.0302. The van der Waals surface area contributed by atoms with E-state index in [4.69, 9.17) is 10.5 Å². The molecule has 3 aromatic rings. The summed E-state index contributed by atoms with van der Waals surface area (Å²) in [6, 6.07) is 10.4. The van der Waals surface area contributed by atoms with Gasteiger partial charge in [-0.15, -0.1) is 0 Å². The molecule has 182 valence electrons. The Bertz CT molecular complexity index is 1290. The van der Waals surface area contributed by atoms with E-state index in [9.17, 15) is 4.79 Å². The first kappa shape index (κ1) is 23.2. The van der Waals surface area contributed by atoms with Crippen LogP contribution in [0.2, 0.25) is 0 Å². The van der Waals surface area contributed by atoms with Crippen molar-refractivity contribution >= 4 is 17.4 Å². The SMILES string of the molecule is CC(C)[C@@H]1CN(c2ccc(-c3cnc(N)c(-c4ccc5c(c4)CCNC5=O)c3)c(F)c2F)CCO1. The molecule has 6 nitrogen and oxygen atoms in total. The van der Waals surface area contributed by atoms with E-state index in [0.29, 0.717) is 49.4 Å². The number of hydrogen-bond acceptors (Lipinski definition) is 5. The van der Waals surface area contributed by atoms with Gasteiger partial charge in [-0.05, 0) is 47.7 Å². The fourth-order valence-electron chi connectivity index (χ4n) is 4.75. The van der Waals surface area contributed by atoms with E-state index in [1.165, 1.54) is 6.20 Å². The molecule has 0 unspecified atom stereocenters. The molecule has 8 heteroatoms. The van der Waals surface area contributed by atoms with E-state index in [2.05, 4.69) is 24.1 Å². The first-order valence-corrected chi connectivity index (χ1v) is 11.9. The molecule has 0 spiro atoms. The Morgan fingerprint density at radius 2 is 1.89 bits per heavy atom. The van der Waals surface area contributed by atoms with Crippen molar-refractivity contribution in [3.8, 4) is 22.3 Å². The van der Waals surface area contributed by atoms with Crippen molar-refractivity contribution in [1.82, 2.24) is 10.3 Å². The summed E-state index contributed by atoms with van der Waals surface area (Å²) in [5, 5.41) is 2.82. The molecule has 0 aliphatic carbocycles. The van der Waals surface area contributed by atoms with Gasteiger partial charge in [-0.2, -0.15) is 0 Å². The molecular weight excluding hydrogens is 450 g/mol. The average Bonchev–Trinajstić information content (AvgIpc) is 2.86. The highest BCUT2D eigenvalue weighted by molar-refractivity contribution is 5.97. The number of carbonyl (C=O) groups excluding carboxylic acids is 1. The molecule has 2 aromatic carbocycles. The Balaban J connectivity index is 1.49. The lowest BCUT2D eigenvalue weighted by molar-refractivity contribution is 0.0112. The molecule has 1 saturated heterocycles. The molecule has 2 aliphatic heterocycles. The van der Waals surface area contributed by atoms with Crippen LogP contribution in [0.5, 0.6) is 0 Å². The number of rotatable bonds is 4. The molecule has 3 heterocycles. The Morgan fingerprint density at radius 1 is 1.09 bits per heavy atom. The van der Waals surface area contributed by atoms with Gasteiger partial charge >= 0.3 is 0 Å².